The third-order valence-corrected chi connectivity index (χ3v) is 4.86. The molecule has 2 aliphatic heterocycles. The minimum atomic E-state index is 0. The summed E-state index contributed by atoms with van der Waals surface area (Å²) < 4.78 is 11.5. The van der Waals surface area contributed by atoms with Gasteiger partial charge in [-0.1, -0.05) is 24.3 Å². The lowest BCUT2D eigenvalue weighted by atomic mass is 10.0. The normalized spacial score (nSPS) is 18.3. The van der Waals surface area contributed by atoms with E-state index in [1.807, 2.05) is 47.4 Å². The number of amides is 1. The standard InChI is InChI=1S/C20H22N2O3.ClH/c21-15-8-6-14(7-9-15)13-19(23)22-10-2-4-17(22)16-3-1-5-18-20(16)25-12-11-24-18;/h1,3,5-9,17H,2,4,10-13,21H2;1H. The molecule has 1 atom stereocenters. The highest BCUT2D eigenvalue weighted by molar-refractivity contribution is 5.85. The molecule has 2 heterocycles. The van der Waals surface area contributed by atoms with Crippen LogP contribution in [0, 0.1) is 0 Å². The smallest absolute Gasteiger partial charge is 0.227 e. The van der Waals surface area contributed by atoms with Crippen LogP contribution in [0.1, 0.15) is 30.0 Å². The van der Waals surface area contributed by atoms with Crippen molar-refractivity contribution in [1.29, 1.82) is 0 Å². The average Bonchev–Trinajstić information content (AvgIpc) is 3.13. The molecule has 26 heavy (non-hydrogen) atoms. The number of nitrogen functional groups attached to an aromatic ring is 1. The van der Waals surface area contributed by atoms with E-state index in [1.54, 1.807) is 0 Å². The Morgan fingerprint density at radius 2 is 1.88 bits per heavy atom. The molecular formula is C20H23ClN2O3. The van der Waals surface area contributed by atoms with E-state index in [4.69, 9.17) is 15.2 Å². The highest BCUT2D eigenvalue weighted by Gasteiger charge is 2.33. The molecule has 1 fully saturated rings. The maximum Gasteiger partial charge on any atom is 0.227 e. The molecular weight excluding hydrogens is 352 g/mol. The second kappa shape index (κ2) is 7.87. The molecule has 6 heteroatoms. The molecule has 138 valence electrons. The SMILES string of the molecule is Cl.Nc1ccc(CC(=O)N2CCCC2c2cccc3c2OCCO3)cc1. The quantitative estimate of drug-likeness (QED) is 0.836. The summed E-state index contributed by atoms with van der Waals surface area (Å²) in [5.74, 6) is 1.72. The molecule has 0 saturated carbocycles. The molecule has 0 aromatic heterocycles. The molecule has 2 aromatic carbocycles. The van der Waals surface area contributed by atoms with Crippen molar-refractivity contribution in [3.05, 3.63) is 53.6 Å². The summed E-state index contributed by atoms with van der Waals surface area (Å²) in [7, 11) is 0. The van der Waals surface area contributed by atoms with Crippen molar-refractivity contribution in [2.45, 2.75) is 25.3 Å². The molecule has 0 spiro atoms. The number of ether oxygens (including phenoxy) is 2. The van der Waals surface area contributed by atoms with Gasteiger partial charge in [0.15, 0.2) is 11.5 Å². The Labute approximate surface area is 159 Å². The van der Waals surface area contributed by atoms with Crippen LogP contribution in [0.25, 0.3) is 0 Å². The van der Waals surface area contributed by atoms with Gasteiger partial charge < -0.3 is 20.1 Å². The van der Waals surface area contributed by atoms with E-state index in [9.17, 15) is 4.79 Å². The molecule has 0 aliphatic carbocycles. The van der Waals surface area contributed by atoms with Gasteiger partial charge in [-0.3, -0.25) is 4.79 Å². The zero-order chi connectivity index (χ0) is 17.2. The van der Waals surface area contributed by atoms with Crippen molar-refractivity contribution < 1.29 is 14.3 Å². The number of para-hydroxylation sites is 1. The number of nitrogens with two attached hydrogens (primary N) is 1. The van der Waals surface area contributed by atoms with Crippen LogP contribution in [0.4, 0.5) is 5.69 Å². The molecule has 1 amide bonds. The number of carbonyl (C=O) groups excluding carboxylic acids is 1. The van der Waals surface area contributed by atoms with E-state index < -0.39 is 0 Å². The number of anilines is 1. The summed E-state index contributed by atoms with van der Waals surface area (Å²) in [6, 6.07) is 13.5. The van der Waals surface area contributed by atoms with Gasteiger partial charge >= 0.3 is 0 Å². The number of halogens is 1. The van der Waals surface area contributed by atoms with E-state index in [-0.39, 0.29) is 24.4 Å². The largest absolute Gasteiger partial charge is 0.486 e. The number of nitrogens with zero attached hydrogens (tertiary/aromatic N) is 1. The first-order valence-corrected chi connectivity index (χ1v) is 8.75. The van der Waals surface area contributed by atoms with Crippen LogP contribution in [-0.4, -0.2) is 30.6 Å². The number of fused-ring (bicyclic) bond motifs is 1. The summed E-state index contributed by atoms with van der Waals surface area (Å²) in [6.45, 7) is 1.90. The monoisotopic (exact) mass is 374 g/mol. The van der Waals surface area contributed by atoms with Crippen molar-refractivity contribution >= 4 is 24.0 Å². The lowest BCUT2D eigenvalue weighted by molar-refractivity contribution is -0.131. The van der Waals surface area contributed by atoms with Crippen molar-refractivity contribution in [2.24, 2.45) is 0 Å². The van der Waals surface area contributed by atoms with Gasteiger partial charge in [-0.15, -0.1) is 12.4 Å². The van der Waals surface area contributed by atoms with Crippen LogP contribution >= 0.6 is 12.4 Å². The third-order valence-electron chi connectivity index (χ3n) is 4.86. The summed E-state index contributed by atoms with van der Waals surface area (Å²) in [6.07, 6.45) is 2.35. The Morgan fingerprint density at radius 3 is 2.69 bits per heavy atom. The Kier molecular flexibility index (Phi) is 5.57. The maximum absolute atomic E-state index is 12.9. The van der Waals surface area contributed by atoms with E-state index in [0.717, 1.165) is 42.0 Å². The first-order chi connectivity index (χ1) is 12.2. The molecule has 2 N–H and O–H groups in total. The van der Waals surface area contributed by atoms with E-state index in [1.165, 1.54) is 0 Å². The van der Waals surface area contributed by atoms with Crippen LogP contribution in [-0.2, 0) is 11.2 Å². The van der Waals surface area contributed by atoms with Gasteiger partial charge in [0.1, 0.15) is 13.2 Å². The molecule has 2 aromatic rings. The zero-order valence-electron chi connectivity index (χ0n) is 14.5. The van der Waals surface area contributed by atoms with E-state index in [0.29, 0.717) is 25.3 Å². The second-order valence-electron chi connectivity index (χ2n) is 6.53. The minimum Gasteiger partial charge on any atom is -0.486 e. The molecule has 0 radical (unpaired) electrons. The summed E-state index contributed by atoms with van der Waals surface area (Å²) >= 11 is 0. The van der Waals surface area contributed by atoms with E-state index >= 15 is 0 Å². The predicted octanol–water partition coefficient (Wildman–Crippen LogP) is 3.37. The lowest BCUT2D eigenvalue weighted by Gasteiger charge is -2.29. The number of hydrogen-bond donors (Lipinski definition) is 1. The molecule has 1 unspecified atom stereocenters. The number of likely N-dealkylation sites (tertiary alicyclic amines) is 1. The van der Waals surface area contributed by atoms with Gasteiger partial charge in [0.2, 0.25) is 5.91 Å². The number of rotatable bonds is 3. The average molecular weight is 375 g/mol. The van der Waals surface area contributed by atoms with Crippen LogP contribution < -0.4 is 15.2 Å². The molecule has 4 rings (SSSR count). The van der Waals surface area contributed by atoms with Crippen LogP contribution in [0.3, 0.4) is 0 Å². The number of hydrogen-bond acceptors (Lipinski definition) is 4. The fraction of sp³-hybridized carbons (Fsp3) is 0.350. The summed E-state index contributed by atoms with van der Waals surface area (Å²) in [4.78, 5) is 14.9. The maximum atomic E-state index is 12.9. The third kappa shape index (κ3) is 3.58. The molecule has 0 bridgehead atoms. The highest BCUT2D eigenvalue weighted by atomic mass is 35.5. The van der Waals surface area contributed by atoms with Gasteiger partial charge in [0.25, 0.3) is 0 Å². The van der Waals surface area contributed by atoms with Crippen molar-refractivity contribution in [3.63, 3.8) is 0 Å². The number of benzene rings is 2. The first kappa shape index (κ1) is 18.4. The summed E-state index contributed by atoms with van der Waals surface area (Å²) in [5.41, 5.74) is 8.47. The lowest BCUT2D eigenvalue weighted by Crippen LogP contribution is -2.32. The van der Waals surface area contributed by atoms with Crippen LogP contribution in [0.5, 0.6) is 11.5 Å². The minimum absolute atomic E-state index is 0. The van der Waals surface area contributed by atoms with Gasteiger partial charge in [0.05, 0.1) is 12.5 Å². The Hall–Kier alpha value is -2.40. The van der Waals surface area contributed by atoms with Crippen molar-refractivity contribution in [2.75, 3.05) is 25.5 Å². The highest BCUT2D eigenvalue weighted by Crippen LogP contribution is 2.42. The van der Waals surface area contributed by atoms with Gasteiger partial charge in [-0.05, 0) is 36.6 Å². The Bertz CT molecular complexity index is 779. The van der Waals surface area contributed by atoms with Gasteiger partial charge in [-0.25, -0.2) is 0 Å². The second-order valence-corrected chi connectivity index (χ2v) is 6.53. The first-order valence-electron chi connectivity index (χ1n) is 8.75. The molecule has 5 nitrogen and oxygen atoms in total. The van der Waals surface area contributed by atoms with Crippen LogP contribution in [0.2, 0.25) is 0 Å². The number of carbonyl (C=O) groups is 1. The predicted molar refractivity (Wildman–Crippen MR) is 103 cm³/mol. The Balaban J connectivity index is 0.00000196. The topological polar surface area (TPSA) is 64.8 Å². The van der Waals surface area contributed by atoms with E-state index in [2.05, 4.69) is 0 Å². The molecule has 2 aliphatic rings. The van der Waals surface area contributed by atoms with Crippen LogP contribution in [0.15, 0.2) is 42.5 Å². The van der Waals surface area contributed by atoms with Gasteiger partial charge in [-0.2, -0.15) is 0 Å². The Morgan fingerprint density at radius 1 is 1.12 bits per heavy atom. The fourth-order valence-electron chi connectivity index (χ4n) is 3.66. The zero-order valence-corrected chi connectivity index (χ0v) is 15.3. The van der Waals surface area contributed by atoms with Crippen molar-refractivity contribution in [3.8, 4) is 11.5 Å². The van der Waals surface area contributed by atoms with Crippen molar-refractivity contribution in [1.82, 2.24) is 4.90 Å². The summed E-state index contributed by atoms with van der Waals surface area (Å²) in [5, 5.41) is 0. The van der Waals surface area contributed by atoms with Gasteiger partial charge in [0, 0.05) is 17.8 Å². The fourth-order valence-corrected chi connectivity index (χ4v) is 3.66. The molecule has 1 saturated heterocycles.